The van der Waals surface area contributed by atoms with Gasteiger partial charge in [-0.2, -0.15) is 5.10 Å². The minimum atomic E-state index is -1.00. The third-order valence-electron chi connectivity index (χ3n) is 2.80. The first-order chi connectivity index (χ1) is 9.99. The molecule has 0 aromatic carbocycles. The largest absolute Gasteiger partial charge is 0.480 e. The van der Waals surface area contributed by atoms with E-state index in [0.717, 1.165) is 5.69 Å². The Morgan fingerprint density at radius 1 is 1.38 bits per heavy atom. The van der Waals surface area contributed by atoms with E-state index in [0.29, 0.717) is 17.7 Å². The van der Waals surface area contributed by atoms with Crippen molar-refractivity contribution in [1.29, 1.82) is 0 Å². The molecular formula is C12H16N6O3. The van der Waals surface area contributed by atoms with Crippen LogP contribution < -0.4 is 5.32 Å². The average molecular weight is 292 g/mol. The van der Waals surface area contributed by atoms with Crippen LogP contribution in [0.4, 0.5) is 0 Å². The predicted octanol–water partition coefficient (Wildman–Crippen LogP) is -0.411. The van der Waals surface area contributed by atoms with E-state index in [1.165, 1.54) is 10.9 Å². The summed E-state index contributed by atoms with van der Waals surface area (Å²) in [5.74, 6) is -1.24. The maximum atomic E-state index is 12.1. The molecule has 0 spiro atoms. The molecule has 2 aromatic rings. The fraction of sp³-hybridized carbons (Fsp3) is 0.417. The first-order valence-corrected chi connectivity index (χ1v) is 6.41. The summed E-state index contributed by atoms with van der Waals surface area (Å²) in [6.45, 7) is 1.84. The summed E-state index contributed by atoms with van der Waals surface area (Å²) in [6, 6.07) is 0. The molecule has 9 nitrogen and oxygen atoms in total. The topological polar surface area (TPSA) is 115 Å². The Hall–Kier alpha value is -2.71. The van der Waals surface area contributed by atoms with E-state index in [4.69, 9.17) is 5.11 Å². The van der Waals surface area contributed by atoms with Crippen molar-refractivity contribution in [3.8, 4) is 0 Å². The number of rotatable bonds is 6. The molecule has 0 radical (unpaired) electrons. The predicted molar refractivity (Wildman–Crippen MR) is 71.4 cm³/mol. The van der Waals surface area contributed by atoms with Gasteiger partial charge in [0.2, 0.25) is 0 Å². The lowest BCUT2D eigenvalue weighted by molar-refractivity contribution is -0.137. The first kappa shape index (κ1) is 14.7. The van der Waals surface area contributed by atoms with Crippen molar-refractivity contribution in [2.75, 3.05) is 0 Å². The lowest BCUT2D eigenvalue weighted by atomic mass is 10.2. The minimum absolute atomic E-state index is 0.177. The van der Waals surface area contributed by atoms with Crippen LogP contribution in [0.3, 0.4) is 0 Å². The molecule has 0 unspecified atom stereocenters. The van der Waals surface area contributed by atoms with Gasteiger partial charge in [0.25, 0.3) is 5.91 Å². The lowest BCUT2D eigenvalue weighted by Crippen LogP contribution is -2.23. The Labute approximate surface area is 120 Å². The van der Waals surface area contributed by atoms with Gasteiger partial charge in [0.15, 0.2) is 0 Å². The monoisotopic (exact) mass is 292 g/mol. The van der Waals surface area contributed by atoms with Crippen LogP contribution in [0.5, 0.6) is 0 Å². The molecule has 21 heavy (non-hydrogen) atoms. The Balaban J connectivity index is 1.97. The zero-order valence-electron chi connectivity index (χ0n) is 11.8. The van der Waals surface area contributed by atoms with Gasteiger partial charge in [-0.3, -0.25) is 14.3 Å². The number of carbonyl (C=O) groups is 2. The van der Waals surface area contributed by atoms with Gasteiger partial charge in [-0.25, -0.2) is 4.68 Å². The van der Waals surface area contributed by atoms with Crippen molar-refractivity contribution >= 4 is 11.9 Å². The summed E-state index contributed by atoms with van der Waals surface area (Å²) in [6.07, 6.45) is 3.81. The smallest absolute Gasteiger partial charge is 0.325 e. The van der Waals surface area contributed by atoms with Gasteiger partial charge in [0.05, 0.1) is 24.0 Å². The summed E-state index contributed by atoms with van der Waals surface area (Å²) in [4.78, 5) is 22.6. The minimum Gasteiger partial charge on any atom is -0.480 e. The number of aromatic nitrogens is 5. The van der Waals surface area contributed by atoms with Gasteiger partial charge in [0.1, 0.15) is 12.2 Å². The van der Waals surface area contributed by atoms with Crippen LogP contribution in [-0.4, -0.2) is 41.8 Å². The molecular weight excluding hydrogens is 276 g/mol. The summed E-state index contributed by atoms with van der Waals surface area (Å²) >= 11 is 0. The van der Waals surface area contributed by atoms with Crippen LogP contribution in [0.1, 0.15) is 28.7 Å². The second-order valence-electron chi connectivity index (χ2n) is 4.50. The van der Waals surface area contributed by atoms with Crippen LogP contribution in [0.2, 0.25) is 0 Å². The lowest BCUT2D eigenvalue weighted by Gasteiger charge is -2.01. The van der Waals surface area contributed by atoms with Gasteiger partial charge >= 0.3 is 5.97 Å². The van der Waals surface area contributed by atoms with Gasteiger partial charge in [-0.15, -0.1) is 5.10 Å². The highest BCUT2D eigenvalue weighted by atomic mass is 16.4. The normalized spacial score (nSPS) is 10.6. The van der Waals surface area contributed by atoms with E-state index in [1.807, 2.05) is 6.92 Å². The Kier molecular flexibility index (Phi) is 4.31. The maximum absolute atomic E-state index is 12.1. The Morgan fingerprint density at radius 2 is 2.14 bits per heavy atom. The zero-order valence-corrected chi connectivity index (χ0v) is 11.8. The van der Waals surface area contributed by atoms with E-state index >= 15 is 0 Å². The van der Waals surface area contributed by atoms with Crippen LogP contribution in [0, 0.1) is 0 Å². The molecule has 112 valence electrons. The quantitative estimate of drug-likeness (QED) is 0.748. The molecule has 2 N–H and O–H groups in total. The Morgan fingerprint density at radius 3 is 2.81 bits per heavy atom. The van der Waals surface area contributed by atoms with Crippen molar-refractivity contribution in [3.63, 3.8) is 0 Å². The zero-order chi connectivity index (χ0) is 15.4. The van der Waals surface area contributed by atoms with Gasteiger partial charge in [-0.1, -0.05) is 12.1 Å². The summed E-state index contributed by atoms with van der Waals surface area (Å²) in [5.41, 5.74) is 1.74. The highest BCUT2D eigenvalue weighted by Gasteiger charge is 2.14. The second kappa shape index (κ2) is 6.16. The van der Waals surface area contributed by atoms with Crippen molar-refractivity contribution < 1.29 is 14.7 Å². The number of nitrogens with zero attached hydrogens (tertiary/aromatic N) is 5. The number of hydrogen-bond acceptors (Lipinski definition) is 5. The van der Waals surface area contributed by atoms with Crippen molar-refractivity contribution in [2.24, 2.45) is 7.05 Å². The first-order valence-electron chi connectivity index (χ1n) is 6.41. The molecule has 0 fully saturated rings. The number of carbonyl (C=O) groups excluding carboxylic acids is 1. The molecule has 2 aromatic heterocycles. The fourth-order valence-corrected chi connectivity index (χ4v) is 1.89. The van der Waals surface area contributed by atoms with Crippen molar-refractivity contribution in [1.82, 2.24) is 30.1 Å². The molecule has 0 aliphatic heterocycles. The van der Waals surface area contributed by atoms with Crippen molar-refractivity contribution in [3.05, 3.63) is 29.3 Å². The number of nitrogens with one attached hydrogen (secondary N) is 1. The van der Waals surface area contributed by atoms with E-state index in [1.54, 1.807) is 17.9 Å². The SMILES string of the molecule is CCc1nn(C)cc1C(=O)NCc1cn(CC(=O)O)nn1. The highest BCUT2D eigenvalue weighted by molar-refractivity contribution is 5.95. The standard InChI is InChI=1S/C12H16N6O3/c1-3-10-9(6-17(2)15-10)12(21)13-4-8-5-18(16-14-8)7-11(19)20/h5-6H,3-4,7H2,1-2H3,(H,13,21)(H,19,20). The molecule has 0 bridgehead atoms. The number of hydrogen-bond donors (Lipinski definition) is 2. The van der Waals surface area contributed by atoms with Crippen LogP contribution in [-0.2, 0) is 31.4 Å². The fourth-order valence-electron chi connectivity index (χ4n) is 1.89. The number of aryl methyl sites for hydroxylation is 2. The molecule has 2 heterocycles. The molecule has 9 heteroatoms. The molecule has 1 amide bonds. The van der Waals surface area contributed by atoms with Gasteiger partial charge in [0, 0.05) is 13.2 Å². The number of carboxylic acid groups (broad SMARTS) is 1. The molecule has 0 aliphatic carbocycles. The van der Waals surface area contributed by atoms with Crippen LogP contribution >= 0.6 is 0 Å². The van der Waals surface area contributed by atoms with Gasteiger partial charge in [-0.05, 0) is 6.42 Å². The number of amides is 1. The van der Waals surface area contributed by atoms with E-state index in [-0.39, 0.29) is 19.0 Å². The van der Waals surface area contributed by atoms with Crippen molar-refractivity contribution in [2.45, 2.75) is 26.4 Å². The number of aliphatic carboxylic acids is 1. The molecule has 0 atom stereocenters. The maximum Gasteiger partial charge on any atom is 0.325 e. The molecule has 2 rings (SSSR count). The van der Waals surface area contributed by atoms with Gasteiger partial charge < -0.3 is 10.4 Å². The van der Waals surface area contributed by atoms with E-state index in [2.05, 4.69) is 20.7 Å². The number of carboxylic acids is 1. The molecule has 0 aliphatic rings. The Bertz CT molecular complexity index is 660. The third-order valence-corrected chi connectivity index (χ3v) is 2.80. The molecule has 0 saturated heterocycles. The van der Waals surface area contributed by atoms with E-state index < -0.39 is 5.97 Å². The molecule has 0 saturated carbocycles. The third kappa shape index (κ3) is 3.65. The van der Waals surface area contributed by atoms with E-state index in [9.17, 15) is 9.59 Å². The summed E-state index contributed by atoms with van der Waals surface area (Å²) in [7, 11) is 1.76. The summed E-state index contributed by atoms with van der Waals surface area (Å²) in [5, 5.41) is 23.0. The van der Waals surface area contributed by atoms with Crippen LogP contribution in [0.15, 0.2) is 12.4 Å². The summed E-state index contributed by atoms with van der Waals surface area (Å²) < 4.78 is 2.79. The average Bonchev–Trinajstić information content (AvgIpc) is 3.01. The van der Waals surface area contributed by atoms with Crippen LogP contribution in [0.25, 0.3) is 0 Å². The second-order valence-corrected chi connectivity index (χ2v) is 4.50. The highest BCUT2D eigenvalue weighted by Crippen LogP contribution is 2.07.